The Bertz CT molecular complexity index is 279. The number of ketones is 1. The molecule has 0 radical (unpaired) electrons. The fourth-order valence-corrected chi connectivity index (χ4v) is 4.02. The van der Waals surface area contributed by atoms with Gasteiger partial charge in [-0.25, -0.2) is 0 Å². The fourth-order valence-electron chi connectivity index (χ4n) is 2.64. The third-order valence-electron chi connectivity index (χ3n) is 3.57. The first-order valence-corrected chi connectivity index (χ1v) is 7.13. The molecule has 0 bridgehead atoms. The molecule has 16 heavy (non-hydrogen) atoms. The van der Waals surface area contributed by atoms with Crippen molar-refractivity contribution >= 4 is 17.5 Å². The van der Waals surface area contributed by atoms with E-state index in [0.717, 1.165) is 30.8 Å². The molecular formula is C12H21NO2S. The van der Waals surface area contributed by atoms with Gasteiger partial charge in [0.15, 0.2) is 5.78 Å². The van der Waals surface area contributed by atoms with Crippen molar-refractivity contribution in [3.8, 4) is 0 Å². The summed E-state index contributed by atoms with van der Waals surface area (Å²) in [5.41, 5.74) is 5.18. The first kappa shape index (κ1) is 12.4. The lowest BCUT2D eigenvalue weighted by Gasteiger charge is -2.38. The maximum absolute atomic E-state index is 12.2. The highest BCUT2D eigenvalue weighted by atomic mass is 32.2. The van der Waals surface area contributed by atoms with Gasteiger partial charge in [0.25, 0.3) is 0 Å². The summed E-state index contributed by atoms with van der Waals surface area (Å²) in [7, 11) is 0. The molecule has 0 aromatic carbocycles. The van der Waals surface area contributed by atoms with Gasteiger partial charge in [0.05, 0.1) is 11.1 Å². The van der Waals surface area contributed by atoms with E-state index in [4.69, 9.17) is 10.5 Å². The van der Waals surface area contributed by atoms with Crippen LogP contribution >= 0.6 is 11.8 Å². The number of hydrogen-bond acceptors (Lipinski definition) is 4. The molecule has 2 fully saturated rings. The van der Waals surface area contributed by atoms with E-state index < -0.39 is 5.54 Å². The predicted molar refractivity (Wildman–Crippen MR) is 66.6 cm³/mol. The lowest BCUT2D eigenvalue weighted by molar-refractivity contribution is -0.138. The third kappa shape index (κ3) is 2.44. The molecule has 0 aromatic heterocycles. The standard InChI is InChI=1S/C12H21NO2S/c1-11(2,13)10(14)9-3-5-15-12(7-9)4-6-16-8-12/h9H,3-8,13H2,1-2H3. The van der Waals surface area contributed by atoms with Gasteiger partial charge in [-0.2, -0.15) is 11.8 Å². The van der Waals surface area contributed by atoms with Crippen molar-refractivity contribution in [2.24, 2.45) is 11.7 Å². The largest absolute Gasteiger partial charge is 0.374 e. The SMILES string of the molecule is CC(C)(N)C(=O)C1CCOC2(CCSC2)C1. The number of carbonyl (C=O) groups excluding carboxylic acids is 1. The van der Waals surface area contributed by atoms with Crippen molar-refractivity contribution in [3.05, 3.63) is 0 Å². The van der Waals surface area contributed by atoms with Gasteiger partial charge in [-0.1, -0.05) is 0 Å². The number of carbonyl (C=O) groups is 1. The predicted octanol–water partition coefficient (Wildman–Crippen LogP) is 1.60. The minimum Gasteiger partial charge on any atom is -0.374 e. The van der Waals surface area contributed by atoms with Crippen LogP contribution in [0.2, 0.25) is 0 Å². The smallest absolute Gasteiger partial charge is 0.155 e. The van der Waals surface area contributed by atoms with E-state index in [2.05, 4.69) is 0 Å². The van der Waals surface area contributed by atoms with Crippen LogP contribution in [-0.4, -0.2) is 35.0 Å². The lowest BCUT2D eigenvalue weighted by atomic mass is 9.78. The molecule has 2 unspecified atom stereocenters. The minimum atomic E-state index is -0.699. The monoisotopic (exact) mass is 243 g/mol. The van der Waals surface area contributed by atoms with Gasteiger partial charge < -0.3 is 10.5 Å². The van der Waals surface area contributed by atoms with Crippen LogP contribution in [0.15, 0.2) is 0 Å². The quantitative estimate of drug-likeness (QED) is 0.800. The van der Waals surface area contributed by atoms with Gasteiger partial charge in [0, 0.05) is 18.3 Å². The second-order valence-electron chi connectivity index (χ2n) is 5.61. The van der Waals surface area contributed by atoms with Crippen LogP contribution in [0.4, 0.5) is 0 Å². The minimum absolute atomic E-state index is 0.0194. The van der Waals surface area contributed by atoms with Gasteiger partial charge in [0.2, 0.25) is 0 Å². The van der Waals surface area contributed by atoms with Crippen LogP contribution in [0.3, 0.4) is 0 Å². The van der Waals surface area contributed by atoms with Crippen LogP contribution in [0.25, 0.3) is 0 Å². The summed E-state index contributed by atoms with van der Waals surface area (Å²) in [6, 6.07) is 0. The molecule has 2 atom stereocenters. The average molecular weight is 243 g/mol. The first-order chi connectivity index (χ1) is 7.43. The van der Waals surface area contributed by atoms with E-state index in [1.165, 1.54) is 0 Å². The summed E-state index contributed by atoms with van der Waals surface area (Å²) >= 11 is 1.93. The van der Waals surface area contributed by atoms with Crippen molar-refractivity contribution in [1.82, 2.24) is 0 Å². The van der Waals surface area contributed by atoms with E-state index >= 15 is 0 Å². The summed E-state index contributed by atoms with van der Waals surface area (Å²) in [6.45, 7) is 4.33. The van der Waals surface area contributed by atoms with Crippen molar-refractivity contribution in [3.63, 3.8) is 0 Å². The molecule has 2 aliphatic rings. The van der Waals surface area contributed by atoms with Crippen molar-refractivity contribution in [2.75, 3.05) is 18.1 Å². The van der Waals surface area contributed by atoms with Crippen LogP contribution in [0.5, 0.6) is 0 Å². The molecule has 92 valence electrons. The Hall–Kier alpha value is -0.0600. The molecule has 4 heteroatoms. The molecule has 2 rings (SSSR count). The molecule has 0 saturated carbocycles. The normalized spacial score (nSPS) is 35.6. The van der Waals surface area contributed by atoms with Gasteiger partial charge in [-0.05, 0) is 38.9 Å². The molecular weight excluding hydrogens is 222 g/mol. The Kier molecular flexibility index (Phi) is 3.34. The van der Waals surface area contributed by atoms with Gasteiger partial charge >= 0.3 is 0 Å². The maximum atomic E-state index is 12.2. The summed E-state index contributed by atoms with van der Waals surface area (Å²) < 4.78 is 5.91. The number of thioether (sulfide) groups is 1. The Morgan fingerprint density at radius 2 is 2.31 bits per heavy atom. The zero-order valence-corrected chi connectivity index (χ0v) is 10.9. The molecule has 2 aliphatic heterocycles. The Balaban J connectivity index is 2.04. The van der Waals surface area contributed by atoms with Crippen LogP contribution in [0.1, 0.15) is 33.1 Å². The molecule has 1 spiro atoms. The summed E-state index contributed by atoms with van der Waals surface area (Å²) in [6.07, 6.45) is 2.80. The highest BCUT2D eigenvalue weighted by Crippen LogP contribution is 2.41. The maximum Gasteiger partial charge on any atom is 0.155 e. The number of rotatable bonds is 2. The Morgan fingerprint density at radius 1 is 1.56 bits per heavy atom. The van der Waals surface area contributed by atoms with E-state index in [9.17, 15) is 4.79 Å². The molecule has 0 amide bonds. The zero-order valence-electron chi connectivity index (χ0n) is 10.1. The van der Waals surface area contributed by atoms with E-state index in [1.54, 1.807) is 13.8 Å². The topological polar surface area (TPSA) is 52.3 Å². The van der Waals surface area contributed by atoms with Crippen LogP contribution in [-0.2, 0) is 9.53 Å². The van der Waals surface area contributed by atoms with Gasteiger partial charge in [-0.15, -0.1) is 0 Å². The van der Waals surface area contributed by atoms with E-state index in [1.807, 2.05) is 11.8 Å². The van der Waals surface area contributed by atoms with E-state index in [0.29, 0.717) is 6.61 Å². The molecule has 2 heterocycles. The van der Waals surface area contributed by atoms with Crippen LogP contribution < -0.4 is 5.73 Å². The highest BCUT2D eigenvalue weighted by Gasteiger charge is 2.44. The third-order valence-corrected chi connectivity index (χ3v) is 4.79. The number of hydrogen-bond donors (Lipinski definition) is 1. The summed E-state index contributed by atoms with van der Waals surface area (Å²) in [5, 5.41) is 0. The first-order valence-electron chi connectivity index (χ1n) is 5.98. The summed E-state index contributed by atoms with van der Waals surface area (Å²) in [5.74, 6) is 2.51. The molecule has 0 aliphatic carbocycles. The summed E-state index contributed by atoms with van der Waals surface area (Å²) in [4.78, 5) is 12.2. The van der Waals surface area contributed by atoms with Crippen molar-refractivity contribution in [1.29, 1.82) is 0 Å². The molecule has 0 aromatic rings. The Morgan fingerprint density at radius 3 is 2.88 bits per heavy atom. The van der Waals surface area contributed by atoms with Crippen molar-refractivity contribution in [2.45, 2.75) is 44.2 Å². The number of nitrogens with two attached hydrogens (primary N) is 1. The highest BCUT2D eigenvalue weighted by molar-refractivity contribution is 7.99. The lowest BCUT2D eigenvalue weighted by Crippen LogP contribution is -2.50. The van der Waals surface area contributed by atoms with Crippen molar-refractivity contribution < 1.29 is 9.53 Å². The van der Waals surface area contributed by atoms with Gasteiger partial charge in [0.1, 0.15) is 0 Å². The van der Waals surface area contributed by atoms with Gasteiger partial charge in [-0.3, -0.25) is 4.79 Å². The number of ether oxygens (including phenoxy) is 1. The molecule has 2 saturated heterocycles. The fraction of sp³-hybridized carbons (Fsp3) is 0.917. The van der Waals surface area contributed by atoms with Crippen LogP contribution in [0, 0.1) is 5.92 Å². The average Bonchev–Trinajstić information content (AvgIpc) is 2.64. The Labute approximate surface area is 101 Å². The van der Waals surface area contributed by atoms with E-state index in [-0.39, 0.29) is 17.3 Å². The second kappa shape index (κ2) is 4.31. The second-order valence-corrected chi connectivity index (χ2v) is 6.71. The number of Topliss-reactive ketones (excluding diaryl/α,β-unsaturated/α-hetero) is 1. The molecule has 3 nitrogen and oxygen atoms in total. The molecule has 2 N–H and O–H groups in total. The zero-order chi connectivity index (χ0) is 11.8.